The number of hydrogen-bond acceptors (Lipinski definition) is 3. The third kappa shape index (κ3) is 4.26. The molecule has 6 heteroatoms. The lowest BCUT2D eigenvalue weighted by molar-refractivity contribution is -0.116. The number of carbonyl (C=O) groups excluding carboxylic acids is 1. The van der Waals surface area contributed by atoms with E-state index >= 15 is 0 Å². The molecule has 2 aromatic carbocycles. The number of carbonyl (C=O) groups is 1. The van der Waals surface area contributed by atoms with Gasteiger partial charge in [-0.2, -0.15) is 5.10 Å². The Morgan fingerprint density at radius 3 is 2.44 bits per heavy atom. The van der Waals surface area contributed by atoms with E-state index in [0.29, 0.717) is 17.9 Å². The topological polar surface area (TPSA) is 59.8 Å². The molecule has 0 aliphatic rings. The quantitative estimate of drug-likeness (QED) is 0.397. The van der Waals surface area contributed by atoms with E-state index in [-0.39, 0.29) is 5.91 Å². The molecule has 0 atom stereocenters. The van der Waals surface area contributed by atoms with E-state index in [0.717, 1.165) is 50.5 Å². The molecular formula is C26H27ClN4O. The first kappa shape index (κ1) is 22.0. The number of rotatable bonds is 5. The number of nitrogens with one attached hydrogen (secondary N) is 1. The third-order valence-corrected chi connectivity index (χ3v) is 6.16. The first-order valence-electron chi connectivity index (χ1n) is 10.7. The van der Waals surface area contributed by atoms with Crippen molar-refractivity contribution in [3.63, 3.8) is 0 Å². The number of nitrogens with zero attached hydrogens (tertiary/aromatic N) is 3. The van der Waals surface area contributed by atoms with Crippen LogP contribution in [0.4, 0.5) is 5.69 Å². The molecule has 1 N–H and O–H groups in total. The lowest BCUT2D eigenvalue weighted by Gasteiger charge is -2.13. The van der Waals surface area contributed by atoms with E-state index in [9.17, 15) is 4.79 Å². The van der Waals surface area contributed by atoms with Crippen molar-refractivity contribution in [3.8, 4) is 5.69 Å². The molecule has 0 unspecified atom stereocenters. The lowest BCUT2D eigenvalue weighted by atomic mass is 9.99. The van der Waals surface area contributed by atoms with Crippen molar-refractivity contribution in [2.45, 2.75) is 47.5 Å². The molecule has 0 spiro atoms. The van der Waals surface area contributed by atoms with Crippen LogP contribution in [0, 0.1) is 34.6 Å². The molecule has 32 heavy (non-hydrogen) atoms. The molecule has 0 saturated heterocycles. The fourth-order valence-corrected chi connectivity index (χ4v) is 4.29. The zero-order valence-electron chi connectivity index (χ0n) is 19.1. The van der Waals surface area contributed by atoms with Gasteiger partial charge in [0.1, 0.15) is 0 Å². The van der Waals surface area contributed by atoms with Crippen molar-refractivity contribution in [1.29, 1.82) is 0 Å². The smallest absolute Gasteiger partial charge is 0.224 e. The van der Waals surface area contributed by atoms with Gasteiger partial charge in [-0.25, -0.2) is 9.67 Å². The van der Waals surface area contributed by atoms with E-state index in [1.54, 1.807) is 6.07 Å². The number of aryl methyl sites for hydroxylation is 5. The average Bonchev–Trinajstić information content (AvgIpc) is 3.07. The maximum Gasteiger partial charge on any atom is 0.224 e. The summed E-state index contributed by atoms with van der Waals surface area (Å²) < 4.78 is 1.91. The zero-order chi connectivity index (χ0) is 23.0. The lowest BCUT2D eigenvalue weighted by Crippen LogP contribution is -2.14. The van der Waals surface area contributed by atoms with Gasteiger partial charge in [-0.3, -0.25) is 4.79 Å². The summed E-state index contributed by atoms with van der Waals surface area (Å²) in [6, 6.07) is 13.8. The number of hydrogen-bond donors (Lipinski definition) is 1. The molecule has 0 aliphatic heterocycles. The number of halogens is 1. The number of pyridine rings is 1. The fourth-order valence-electron chi connectivity index (χ4n) is 4.12. The highest BCUT2D eigenvalue weighted by Gasteiger charge is 2.18. The van der Waals surface area contributed by atoms with Gasteiger partial charge in [0.15, 0.2) is 5.65 Å². The van der Waals surface area contributed by atoms with Gasteiger partial charge in [-0.1, -0.05) is 35.4 Å². The van der Waals surface area contributed by atoms with Crippen molar-refractivity contribution in [2.75, 3.05) is 5.32 Å². The van der Waals surface area contributed by atoms with Gasteiger partial charge in [-0.05, 0) is 82.0 Å². The van der Waals surface area contributed by atoms with Gasteiger partial charge in [0.25, 0.3) is 0 Å². The van der Waals surface area contributed by atoms with Crippen LogP contribution in [0.5, 0.6) is 0 Å². The Labute approximate surface area is 193 Å². The van der Waals surface area contributed by atoms with Crippen LogP contribution in [0.15, 0.2) is 42.5 Å². The van der Waals surface area contributed by atoms with Crippen LogP contribution in [0.1, 0.15) is 40.1 Å². The standard InChI is InChI=1S/C26H27ClN4O/c1-15-6-10-21(11-7-15)31-26-25(19(5)30-31)17(3)22(18(4)28-26)12-13-24(32)29-23-14-20(27)9-8-16(23)2/h6-11,14H,12-13H2,1-5H3,(H,29,32). The molecular weight excluding hydrogens is 420 g/mol. The maximum atomic E-state index is 12.6. The number of fused-ring (bicyclic) bond motifs is 1. The molecule has 1 amide bonds. The van der Waals surface area contributed by atoms with E-state index in [2.05, 4.69) is 43.4 Å². The molecule has 0 saturated carbocycles. The monoisotopic (exact) mass is 446 g/mol. The number of anilines is 1. The predicted octanol–water partition coefficient (Wildman–Crippen LogP) is 6.19. The van der Waals surface area contributed by atoms with Gasteiger partial charge in [0, 0.05) is 28.2 Å². The Morgan fingerprint density at radius 2 is 1.72 bits per heavy atom. The molecule has 0 radical (unpaired) electrons. The number of aromatic nitrogens is 3. The van der Waals surface area contributed by atoms with Crippen LogP contribution in [0.3, 0.4) is 0 Å². The van der Waals surface area contributed by atoms with Gasteiger partial charge in [-0.15, -0.1) is 0 Å². The van der Waals surface area contributed by atoms with Crippen molar-refractivity contribution in [2.24, 2.45) is 0 Å². The van der Waals surface area contributed by atoms with Gasteiger partial charge in [0.05, 0.1) is 11.4 Å². The number of amides is 1. The highest BCUT2D eigenvalue weighted by atomic mass is 35.5. The van der Waals surface area contributed by atoms with Crippen LogP contribution in [-0.4, -0.2) is 20.7 Å². The van der Waals surface area contributed by atoms with Crippen molar-refractivity contribution in [1.82, 2.24) is 14.8 Å². The summed E-state index contributed by atoms with van der Waals surface area (Å²) in [4.78, 5) is 17.5. The number of benzene rings is 2. The average molecular weight is 447 g/mol. The predicted molar refractivity (Wildman–Crippen MR) is 131 cm³/mol. The second kappa shape index (κ2) is 8.75. The highest BCUT2D eigenvalue weighted by Crippen LogP contribution is 2.28. The van der Waals surface area contributed by atoms with Crippen molar-refractivity contribution >= 4 is 34.2 Å². The van der Waals surface area contributed by atoms with E-state index in [4.69, 9.17) is 21.7 Å². The fraction of sp³-hybridized carbons (Fsp3) is 0.269. The first-order chi connectivity index (χ1) is 15.2. The molecule has 2 heterocycles. The van der Waals surface area contributed by atoms with E-state index in [1.807, 2.05) is 37.6 Å². The zero-order valence-corrected chi connectivity index (χ0v) is 19.8. The Hall–Kier alpha value is -3.18. The molecule has 0 bridgehead atoms. The summed E-state index contributed by atoms with van der Waals surface area (Å²) in [6.45, 7) is 10.1. The molecule has 164 valence electrons. The Kier molecular flexibility index (Phi) is 6.02. The largest absolute Gasteiger partial charge is 0.326 e. The van der Waals surface area contributed by atoms with Gasteiger partial charge < -0.3 is 5.32 Å². The summed E-state index contributed by atoms with van der Waals surface area (Å²) in [6.07, 6.45) is 0.979. The normalized spacial score (nSPS) is 11.2. The highest BCUT2D eigenvalue weighted by molar-refractivity contribution is 6.31. The molecule has 4 rings (SSSR count). The Bertz CT molecular complexity index is 1320. The van der Waals surface area contributed by atoms with E-state index < -0.39 is 0 Å². The molecule has 0 fully saturated rings. The van der Waals surface area contributed by atoms with Crippen LogP contribution in [-0.2, 0) is 11.2 Å². The molecule has 2 aromatic heterocycles. The maximum absolute atomic E-state index is 12.6. The van der Waals surface area contributed by atoms with Gasteiger partial charge in [0.2, 0.25) is 5.91 Å². The van der Waals surface area contributed by atoms with Crippen molar-refractivity contribution < 1.29 is 4.79 Å². The van der Waals surface area contributed by atoms with Crippen LogP contribution in [0.2, 0.25) is 5.02 Å². The molecule has 4 aromatic rings. The Balaban J connectivity index is 1.61. The summed E-state index contributed by atoms with van der Waals surface area (Å²) in [5.41, 5.74) is 8.87. The second-order valence-electron chi connectivity index (χ2n) is 8.34. The second-order valence-corrected chi connectivity index (χ2v) is 8.78. The summed E-state index contributed by atoms with van der Waals surface area (Å²) in [7, 11) is 0. The minimum absolute atomic E-state index is 0.0404. The minimum Gasteiger partial charge on any atom is -0.326 e. The summed E-state index contributed by atoms with van der Waals surface area (Å²) in [5.74, 6) is -0.0404. The first-order valence-corrected chi connectivity index (χ1v) is 11.1. The third-order valence-electron chi connectivity index (χ3n) is 5.93. The van der Waals surface area contributed by atoms with Crippen molar-refractivity contribution in [3.05, 3.63) is 81.1 Å². The van der Waals surface area contributed by atoms with Crippen LogP contribution in [0.25, 0.3) is 16.7 Å². The Morgan fingerprint density at radius 1 is 1.00 bits per heavy atom. The minimum atomic E-state index is -0.0404. The molecule has 5 nitrogen and oxygen atoms in total. The summed E-state index contributed by atoms with van der Waals surface area (Å²) >= 11 is 6.07. The molecule has 0 aliphatic carbocycles. The summed E-state index contributed by atoms with van der Waals surface area (Å²) in [5, 5.41) is 9.40. The van der Waals surface area contributed by atoms with Crippen LogP contribution < -0.4 is 5.32 Å². The SMILES string of the molecule is Cc1ccc(-n2nc(C)c3c(C)c(CCC(=O)Nc4cc(Cl)ccc4C)c(C)nc32)cc1. The van der Waals surface area contributed by atoms with Gasteiger partial charge >= 0.3 is 0 Å². The van der Waals surface area contributed by atoms with Crippen LogP contribution >= 0.6 is 11.6 Å². The van der Waals surface area contributed by atoms with E-state index in [1.165, 1.54) is 5.56 Å².